The second-order valence-electron chi connectivity index (χ2n) is 8.65. The molecule has 5 heteroatoms. The van der Waals surface area contributed by atoms with Gasteiger partial charge < -0.3 is 20.3 Å². The Balaban J connectivity index is 1.54. The highest BCUT2D eigenvalue weighted by Gasteiger charge is 2.44. The normalized spacial score (nSPS) is 15.1. The van der Waals surface area contributed by atoms with Gasteiger partial charge in [0, 0.05) is 36.6 Å². The van der Waals surface area contributed by atoms with Crippen molar-refractivity contribution in [1.82, 2.24) is 0 Å². The zero-order valence-electron chi connectivity index (χ0n) is 18.5. The van der Waals surface area contributed by atoms with Crippen LogP contribution in [0, 0.1) is 6.92 Å². The van der Waals surface area contributed by atoms with Gasteiger partial charge in [-0.1, -0.05) is 60.2 Å². The van der Waals surface area contributed by atoms with Crippen molar-refractivity contribution >= 4 is 11.7 Å². The monoisotopic (exact) mass is 431 g/mol. The van der Waals surface area contributed by atoms with Crippen molar-refractivity contribution in [1.29, 1.82) is 0 Å². The number of ether oxygens (including phenoxy) is 1. The van der Waals surface area contributed by atoms with E-state index in [2.05, 4.69) is 30.4 Å². The van der Waals surface area contributed by atoms with Crippen LogP contribution in [0.2, 0.25) is 0 Å². The molecule has 1 atom stereocenters. The van der Waals surface area contributed by atoms with Gasteiger partial charge in [0.15, 0.2) is 0 Å². The zero-order chi connectivity index (χ0) is 22.7. The van der Waals surface area contributed by atoms with Crippen molar-refractivity contribution in [2.45, 2.75) is 44.8 Å². The van der Waals surface area contributed by atoms with Gasteiger partial charge in [-0.05, 0) is 36.6 Å². The lowest BCUT2D eigenvalue weighted by Crippen LogP contribution is -2.47. The molecule has 0 bridgehead atoms. The Morgan fingerprint density at radius 3 is 2.41 bits per heavy atom. The van der Waals surface area contributed by atoms with Gasteiger partial charge in [0.25, 0.3) is 0 Å². The van der Waals surface area contributed by atoms with Crippen LogP contribution in [0.1, 0.15) is 40.8 Å². The summed E-state index contributed by atoms with van der Waals surface area (Å²) in [7, 11) is 0. The number of hydrogen-bond donors (Lipinski definition) is 3. The van der Waals surface area contributed by atoms with Crippen molar-refractivity contribution in [3.63, 3.8) is 0 Å². The van der Waals surface area contributed by atoms with Crippen LogP contribution in [0.3, 0.4) is 0 Å². The lowest BCUT2D eigenvalue weighted by molar-refractivity contribution is -0.142. The second kappa shape index (κ2) is 9.05. The number of fused-ring (bicyclic) bond motifs is 1. The topological polar surface area (TPSA) is 78.8 Å². The molecule has 1 aliphatic carbocycles. The molecule has 0 aliphatic heterocycles. The number of anilines is 1. The van der Waals surface area contributed by atoms with E-state index in [0.717, 1.165) is 17.5 Å². The number of carbonyl (C=O) groups is 1. The Bertz CT molecular complexity index is 1100. The van der Waals surface area contributed by atoms with Gasteiger partial charge >= 0.3 is 5.97 Å². The van der Waals surface area contributed by atoms with Crippen molar-refractivity contribution in [2.24, 2.45) is 0 Å². The summed E-state index contributed by atoms with van der Waals surface area (Å²) < 4.78 is 6.06. The minimum Gasteiger partial charge on any atom is -0.493 e. The fraction of sp³-hybridized carbons (Fsp3) is 0.296. The van der Waals surface area contributed by atoms with Gasteiger partial charge in [-0.15, -0.1) is 0 Å². The van der Waals surface area contributed by atoms with Gasteiger partial charge in [0.05, 0.1) is 12.7 Å². The first-order valence-electron chi connectivity index (χ1n) is 10.9. The number of nitrogens with one attached hydrogen (secondary N) is 1. The maximum atomic E-state index is 12.3. The van der Waals surface area contributed by atoms with E-state index in [4.69, 9.17) is 4.74 Å². The van der Waals surface area contributed by atoms with Crippen LogP contribution >= 0.6 is 0 Å². The zero-order valence-corrected chi connectivity index (χ0v) is 18.5. The number of aliphatic hydroxyl groups excluding tert-OH is 1. The summed E-state index contributed by atoms with van der Waals surface area (Å²) in [5.74, 6) is -0.316. The standard InChI is InChI=1S/C27H29NO4/c1-18-6-5-7-20(14-18)12-13-32-25-15-23(10-11-24(25)19(2)29)28-27(26(30)31)16-21-8-3-4-9-22(21)17-27/h3-11,14-15,19,28-29H,12-13,16-17H2,1-2H3,(H,30,31). The van der Waals surface area contributed by atoms with Crippen LogP contribution in [0.25, 0.3) is 0 Å². The Morgan fingerprint density at radius 2 is 1.78 bits per heavy atom. The summed E-state index contributed by atoms with van der Waals surface area (Å²) >= 11 is 0. The summed E-state index contributed by atoms with van der Waals surface area (Å²) in [6.07, 6.45) is 0.884. The van der Waals surface area contributed by atoms with Crippen LogP contribution < -0.4 is 10.1 Å². The maximum absolute atomic E-state index is 12.3. The lowest BCUT2D eigenvalue weighted by atomic mass is 9.95. The minimum absolute atomic E-state index is 0.417. The maximum Gasteiger partial charge on any atom is 0.330 e. The molecule has 0 amide bonds. The molecule has 0 saturated heterocycles. The Labute approximate surface area is 188 Å². The smallest absolute Gasteiger partial charge is 0.330 e. The Kier molecular flexibility index (Phi) is 6.19. The van der Waals surface area contributed by atoms with Gasteiger partial charge in [-0.3, -0.25) is 0 Å². The largest absolute Gasteiger partial charge is 0.493 e. The predicted molar refractivity (Wildman–Crippen MR) is 125 cm³/mol. The fourth-order valence-electron chi connectivity index (χ4n) is 4.41. The van der Waals surface area contributed by atoms with Gasteiger partial charge in [0.1, 0.15) is 11.3 Å². The first kappa shape index (κ1) is 21.9. The number of benzene rings is 3. The highest BCUT2D eigenvalue weighted by molar-refractivity contribution is 5.85. The molecule has 0 heterocycles. The molecule has 0 fully saturated rings. The third-order valence-corrected chi connectivity index (χ3v) is 6.09. The number of carboxylic acids is 1. The van der Waals surface area contributed by atoms with E-state index in [1.165, 1.54) is 11.1 Å². The van der Waals surface area contributed by atoms with Gasteiger partial charge in [-0.2, -0.15) is 0 Å². The van der Waals surface area contributed by atoms with E-state index in [9.17, 15) is 15.0 Å². The number of aliphatic hydroxyl groups is 1. The predicted octanol–water partition coefficient (Wildman–Crippen LogP) is 4.70. The molecule has 3 aromatic rings. The van der Waals surface area contributed by atoms with Crippen LogP contribution in [0.4, 0.5) is 5.69 Å². The number of aryl methyl sites for hydroxylation is 1. The molecule has 32 heavy (non-hydrogen) atoms. The third kappa shape index (κ3) is 4.63. The molecule has 4 rings (SSSR count). The fourth-order valence-corrected chi connectivity index (χ4v) is 4.41. The summed E-state index contributed by atoms with van der Waals surface area (Å²) in [4.78, 5) is 12.3. The number of rotatable bonds is 8. The van der Waals surface area contributed by atoms with Crippen LogP contribution in [0.15, 0.2) is 66.7 Å². The summed E-state index contributed by atoms with van der Waals surface area (Å²) in [6, 6.07) is 21.5. The van der Waals surface area contributed by atoms with E-state index in [-0.39, 0.29) is 0 Å². The highest BCUT2D eigenvalue weighted by atomic mass is 16.5. The molecule has 0 aromatic heterocycles. The van der Waals surface area contributed by atoms with E-state index in [0.29, 0.717) is 36.4 Å². The first-order valence-corrected chi connectivity index (χ1v) is 10.9. The molecular formula is C27H29NO4. The quantitative estimate of drug-likeness (QED) is 0.482. The Hall–Kier alpha value is -3.31. The van der Waals surface area contributed by atoms with E-state index >= 15 is 0 Å². The van der Waals surface area contributed by atoms with E-state index < -0.39 is 17.6 Å². The minimum atomic E-state index is -1.10. The van der Waals surface area contributed by atoms with E-state index in [1.54, 1.807) is 19.1 Å². The van der Waals surface area contributed by atoms with Crippen LogP contribution in [0.5, 0.6) is 5.75 Å². The molecule has 1 unspecified atom stereocenters. The molecular weight excluding hydrogens is 402 g/mol. The highest BCUT2D eigenvalue weighted by Crippen LogP contribution is 2.35. The van der Waals surface area contributed by atoms with Crippen molar-refractivity contribution in [3.8, 4) is 5.75 Å². The second-order valence-corrected chi connectivity index (χ2v) is 8.65. The third-order valence-electron chi connectivity index (χ3n) is 6.09. The van der Waals surface area contributed by atoms with E-state index in [1.807, 2.05) is 36.4 Å². The molecule has 3 aromatic carbocycles. The Morgan fingerprint density at radius 1 is 1.06 bits per heavy atom. The SMILES string of the molecule is Cc1cccc(CCOc2cc(NC3(C(=O)O)Cc4ccccc4C3)ccc2C(C)O)c1. The number of hydrogen-bond acceptors (Lipinski definition) is 4. The lowest BCUT2D eigenvalue weighted by Gasteiger charge is -2.27. The summed E-state index contributed by atoms with van der Waals surface area (Å²) in [5.41, 5.74) is 4.74. The average molecular weight is 432 g/mol. The molecule has 0 saturated carbocycles. The molecule has 1 aliphatic rings. The van der Waals surface area contributed by atoms with Crippen LogP contribution in [-0.4, -0.2) is 28.3 Å². The first-order chi connectivity index (χ1) is 15.4. The molecule has 0 spiro atoms. The molecule has 3 N–H and O–H groups in total. The van der Waals surface area contributed by atoms with Gasteiger partial charge in [0.2, 0.25) is 0 Å². The van der Waals surface area contributed by atoms with Crippen molar-refractivity contribution in [2.75, 3.05) is 11.9 Å². The van der Waals surface area contributed by atoms with Gasteiger partial charge in [-0.25, -0.2) is 4.79 Å². The molecule has 5 nitrogen and oxygen atoms in total. The summed E-state index contributed by atoms with van der Waals surface area (Å²) in [5, 5.41) is 23.5. The molecule has 166 valence electrons. The van der Waals surface area contributed by atoms with Crippen LogP contribution in [-0.2, 0) is 24.1 Å². The summed E-state index contributed by atoms with van der Waals surface area (Å²) in [6.45, 7) is 4.22. The van der Waals surface area contributed by atoms with Crippen molar-refractivity contribution in [3.05, 3.63) is 94.5 Å². The number of carboxylic acid groups (broad SMARTS) is 1. The van der Waals surface area contributed by atoms with Crippen molar-refractivity contribution < 1.29 is 19.7 Å². The molecule has 0 radical (unpaired) electrons. The average Bonchev–Trinajstić information content (AvgIpc) is 3.13. The number of aliphatic carboxylic acids is 1.